The third-order valence-electron chi connectivity index (χ3n) is 3.45. The monoisotopic (exact) mass is 282 g/mol. The van der Waals surface area contributed by atoms with Crippen molar-refractivity contribution >= 4 is 23.3 Å². The molecule has 1 fully saturated rings. The van der Waals surface area contributed by atoms with Crippen LogP contribution in [-0.2, 0) is 0 Å². The molecule has 19 heavy (non-hydrogen) atoms. The van der Waals surface area contributed by atoms with Crippen LogP contribution >= 0.6 is 11.6 Å². The number of pyridine rings is 1. The van der Waals surface area contributed by atoms with E-state index in [2.05, 4.69) is 22.1 Å². The molecule has 1 unspecified atom stereocenters. The molecule has 2 rings (SSSR count). The van der Waals surface area contributed by atoms with Gasteiger partial charge in [0.2, 0.25) is 0 Å². The van der Waals surface area contributed by atoms with E-state index in [1.165, 1.54) is 19.0 Å². The fourth-order valence-electron chi connectivity index (χ4n) is 2.23. The Morgan fingerprint density at radius 1 is 1.58 bits per heavy atom. The number of likely N-dealkylation sites (tertiary alicyclic amines) is 1. The highest BCUT2D eigenvalue weighted by molar-refractivity contribution is 6.33. The van der Waals surface area contributed by atoms with Gasteiger partial charge in [0.1, 0.15) is 5.82 Å². The van der Waals surface area contributed by atoms with Crippen molar-refractivity contribution in [2.45, 2.75) is 25.8 Å². The van der Waals surface area contributed by atoms with Crippen LogP contribution in [0.4, 0.5) is 5.82 Å². The number of carbonyl (C=O) groups is 1. The van der Waals surface area contributed by atoms with Gasteiger partial charge in [0.25, 0.3) is 5.91 Å². The minimum atomic E-state index is -0.166. The molecular weight excluding hydrogens is 264 g/mol. The Labute approximate surface area is 118 Å². The normalized spacial score (nSPS) is 17.4. The summed E-state index contributed by atoms with van der Waals surface area (Å²) in [4.78, 5) is 18.2. The van der Waals surface area contributed by atoms with E-state index in [1.54, 1.807) is 6.07 Å². The van der Waals surface area contributed by atoms with Crippen molar-refractivity contribution in [3.05, 3.63) is 22.8 Å². The summed E-state index contributed by atoms with van der Waals surface area (Å²) in [5.41, 5.74) is 5.95. The molecule has 0 aliphatic carbocycles. The van der Waals surface area contributed by atoms with Crippen LogP contribution in [0.5, 0.6) is 0 Å². The first-order valence-corrected chi connectivity index (χ1v) is 6.89. The molecule has 0 bridgehead atoms. The second-order valence-corrected chi connectivity index (χ2v) is 5.30. The van der Waals surface area contributed by atoms with Gasteiger partial charge in [-0.3, -0.25) is 9.69 Å². The lowest BCUT2D eigenvalue weighted by Crippen LogP contribution is -2.40. The number of anilines is 1. The number of halogens is 1. The smallest absolute Gasteiger partial charge is 0.252 e. The Morgan fingerprint density at radius 2 is 2.26 bits per heavy atom. The fraction of sp³-hybridized carbons (Fsp3) is 0.538. The molecule has 6 heteroatoms. The van der Waals surface area contributed by atoms with E-state index in [-0.39, 0.29) is 11.7 Å². The van der Waals surface area contributed by atoms with Gasteiger partial charge in [-0.2, -0.15) is 0 Å². The van der Waals surface area contributed by atoms with E-state index in [0.29, 0.717) is 23.2 Å². The van der Waals surface area contributed by atoms with E-state index < -0.39 is 0 Å². The highest BCUT2D eigenvalue weighted by atomic mass is 35.5. The minimum Gasteiger partial charge on any atom is -0.382 e. The minimum absolute atomic E-state index is 0.166. The van der Waals surface area contributed by atoms with Crippen LogP contribution in [-0.4, -0.2) is 41.5 Å². The van der Waals surface area contributed by atoms with E-state index in [9.17, 15) is 4.79 Å². The molecule has 1 aliphatic rings. The standard InChI is InChI=1S/C13H19ClN4O/c1-9(18-4-2-3-5-18)7-17-13(19)10-6-11(14)12(15)16-8-10/h6,8-9H,2-5,7H2,1H3,(H2,15,16)(H,17,19). The Morgan fingerprint density at radius 3 is 2.89 bits per heavy atom. The number of amides is 1. The maximum atomic E-state index is 12.0. The highest BCUT2D eigenvalue weighted by Gasteiger charge is 2.18. The molecule has 0 radical (unpaired) electrons. The Balaban J connectivity index is 1.88. The summed E-state index contributed by atoms with van der Waals surface area (Å²) in [7, 11) is 0. The van der Waals surface area contributed by atoms with Crippen molar-refractivity contribution in [1.29, 1.82) is 0 Å². The Bertz CT molecular complexity index is 460. The molecule has 0 spiro atoms. The maximum absolute atomic E-state index is 12.0. The van der Waals surface area contributed by atoms with Gasteiger partial charge >= 0.3 is 0 Å². The molecule has 1 atom stereocenters. The molecular formula is C13H19ClN4O. The molecule has 1 amide bonds. The number of carbonyl (C=O) groups excluding carboxylic acids is 1. The van der Waals surface area contributed by atoms with Crippen LogP contribution in [0.15, 0.2) is 12.3 Å². The van der Waals surface area contributed by atoms with Crippen molar-refractivity contribution in [2.24, 2.45) is 0 Å². The van der Waals surface area contributed by atoms with Crippen LogP contribution < -0.4 is 11.1 Å². The zero-order valence-corrected chi connectivity index (χ0v) is 11.8. The van der Waals surface area contributed by atoms with E-state index in [0.717, 1.165) is 13.1 Å². The first kappa shape index (κ1) is 14.1. The first-order chi connectivity index (χ1) is 9.08. The van der Waals surface area contributed by atoms with E-state index in [1.807, 2.05) is 0 Å². The number of nitrogens with two attached hydrogens (primary N) is 1. The number of nitrogen functional groups attached to an aromatic ring is 1. The molecule has 0 saturated carbocycles. The van der Waals surface area contributed by atoms with Crippen molar-refractivity contribution in [3.63, 3.8) is 0 Å². The zero-order chi connectivity index (χ0) is 13.8. The van der Waals surface area contributed by atoms with Crippen molar-refractivity contribution in [2.75, 3.05) is 25.4 Å². The van der Waals surface area contributed by atoms with Gasteiger partial charge in [-0.05, 0) is 38.9 Å². The third kappa shape index (κ3) is 3.58. The number of nitrogens with zero attached hydrogens (tertiary/aromatic N) is 2. The van der Waals surface area contributed by atoms with Crippen molar-refractivity contribution < 1.29 is 4.79 Å². The van der Waals surface area contributed by atoms with E-state index >= 15 is 0 Å². The van der Waals surface area contributed by atoms with Gasteiger partial charge in [-0.1, -0.05) is 11.6 Å². The Kier molecular flexibility index (Phi) is 4.61. The SMILES string of the molecule is CC(CNC(=O)c1cnc(N)c(Cl)c1)N1CCCC1. The molecule has 5 nitrogen and oxygen atoms in total. The van der Waals surface area contributed by atoms with Crippen LogP contribution in [0.1, 0.15) is 30.1 Å². The second-order valence-electron chi connectivity index (χ2n) is 4.89. The summed E-state index contributed by atoms with van der Waals surface area (Å²) >= 11 is 5.85. The average molecular weight is 283 g/mol. The van der Waals surface area contributed by atoms with Gasteiger partial charge in [0.15, 0.2) is 0 Å². The number of hydrogen-bond acceptors (Lipinski definition) is 4. The number of hydrogen-bond donors (Lipinski definition) is 2. The molecule has 0 aromatic carbocycles. The van der Waals surface area contributed by atoms with Crippen molar-refractivity contribution in [3.8, 4) is 0 Å². The summed E-state index contributed by atoms with van der Waals surface area (Å²) in [5, 5.41) is 3.21. The lowest BCUT2D eigenvalue weighted by molar-refractivity contribution is 0.0940. The van der Waals surface area contributed by atoms with Gasteiger partial charge < -0.3 is 11.1 Å². The summed E-state index contributed by atoms with van der Waals surface area (Å²) < 4.78 is 0. The van der Waals surface area contributed by atoms with Gasteiger partial charge in [0.05, 0.1) is 10.6 Å². The molecule has 1 aromatic heterocycles. The Hall–Kier alpha value is -1.33. The highest BCUT2D eigenvalue weighted by Crippen LogP contribution is 2.16. The molecule has 1 saturated heterocycles. The third-order valence-corrected chi connectivity index (χ3v) is 3.76. The van der Waals surface area contributed by atoms with E-state index in [4.69, 9.17) is 17.3 Å². The summed E-state index contributed by atoms with van der Waals surface area (Å²) in [5.74, 6) is 0.0732. The van der Waals surface area contributed by atoms with Crippen molar-refractivity contribution in [1.82, 2.24) is 15.2 Å². The largest absolute Gasteiger partial charge is 0.382 e. The maximum Gasteiger partial charge on any atom is 0.252 e. The average Bonchev–Trinajstić information content (AvgIpc) is 2.92. The van der Waals surface area contributed by atoms with Gasteiger partial charge in [-0.25, -0.2) is 4.98 Å². The number of nitrogens with one attached hydrogen (secondary N) is 1. The molecule has 2 heterocycles. The van der Waals surface area contributed by atoms with Crippen LogP contribution in [0, 0.1) is 0 Å². The molecule has 1 aliphatic heterocycles. The molecule has 104 valence electrons. The molecule has 3 N–H and O–H groups in total. The first-order valence-electron chi connectivity index (χ1n) is 6.51. The van der Waals surface area contributed by atoms with Crippen LogP contribution in [0.3, 0.4) is 0 Å². The van der Waals surface area contributed by atoms with Gasteiger partial charge in [0, 0.05) is 18.8 Å². The summed E-state index contributed by atoms with van der Waals surface area (Å²) in [6.07, 6.45) is 3.93. The predicted octanol–water partition coefficient (Wildman–Crippen LogP) is 1.53. The second kappa shape index (κ2) is 6.21. The van der Waals surface area contributed by atoms with Crippen LogP contribution in [0.2, 0.25) is 5.02 Å². The summed E-state index contributed by atoms with van der Waals surface area (Å²) in [6, 6.07) is 1.89. The molecule has 1 aromatic rings. The summed E-state index contributed by atoms with van der Waals surface area (Å²) in [6.45, 7) is 4.99. The lowest BCUT2D eigenvalue weighted by Gasteiger charge is -2.23. The van der Waals surface area contributed by atoms with Crippen LogP contribution in [0.25, 0.3) is 0 Å². The number of aromatic nitrogens is 1. The zero-order valence-electron chi connectivity index (χ0n) is 11.0. The predicted molar refractivity (Wildman–Crippen MR) is 76.3 cm³/mol. The lowest BCUT2D eigenvalue weighted by atomic mass is 10.2. The fourth-order valence-corrected chi connectivity index (χ4v) is 2.39. The van der Waals surface area contributed by atoms with Gasteiger partial charge in [-0.15, -0.1) is 0 Å². The topological polar surface area (TPSA) is 71.2 Å². The quantitative estimate of drug-likeness (QED) is 0.879. The number of rotatable bonds is 4.